The highest BCUT2D eigenvalue weighted by molar-refractivity contribution is 6.15. The minimum absolute atomic E-state index is 0.00354. The van der Waals surface area contributed by atoms with E-state index in [1.54, 1.807) is 12.3 Å². The molecule has 27 heavy (non-hydrogen) atoms. The summed E-state index contributed by atoms with van der Waals surface area (Å²) < 4.78 is 15.1. The highest BCUT2D eigenvalue weighted by atomic mass is 16.7. The zero-order chi connectivity index (χ0) is 20.0. The Morgan fingerprint density at radius 2 is 1.70 bits per heavy atom. The van der Waals surface area contributed by atoms with Gasteiger partial charge in [0.1, 0.15) is 11.3 Å². The van der Waals surface area contributed by atoms with Crippen LogP contribution in [0.15, 0.2) is 66.1 Å². The van der Waals surface area contributed by atoms with Crippen LogP contribution in [0, 0.1) is 0 Å². The molecule has 0 aromatic heterocycles. The van der Waals surface area contributed by atoms with Crippen molar-refractivity contribution < 1.29 is 28.6 Å². The van der Waals surface area contributed by atoms with E-state index in [0.717, 1.165) is 11.8 Å². The normalized spacial score (nSPS) is 16.6. The van der Waals surface area contributed by atoms with Gasteiger partial charge in [-0.05, 0) is 24.3 Å². The first-order valence-electron chi connectivity index (χ1n) is 8.21. The molecule has 1 fully saturated rings. The summed E-state index contributed by atoms with van der Waals surface area (Å²) in [5, 5.41) is 0. The van der Waals surface area contributed by atoms with Crippen molar-refractivity contribution in [2.45, 2.75) is 26.6 Å². The molecule has 1 heterocycles. The van der Waals surface area contributed by atoms with Crippen molar-refractivity contribution in [1.29, 1.82) is 0 Å². The van der Waals surface area contributed by atoms with Crippen LogP contribution in [0.25, 0.3) is 0 Å². The van der Waals surface area contributed by atoms with Gasteiger partial charge in [0.25, 0.3) is 5.79 Å². The van der Waals surface area contributed by atoms with Crippen molar-refractivity contribution in [2.24, 2.45) is 0 Å². The third-order valence-corrected chi connectivity index (χ3v) is 3.40. The molecule has 1 aliphatic rings. The molecular formula is C20H21NO6. The molecule has 7 heteroatoms. The quantitative estimate of drug-likeness (QED) is 0.259. The maximum atomic E-state index is 12.0. The van der Waals surface area contributed by atoms with E-state index in [2.05, 4.69) is 0 Å². The second-order valence-electron chi connectivity index (χ2n) is 6.19. The van der Waals surface area contributed by atoms with Gasteiger partial charge in [-0.25, -0.2) is 9.59 Å². The van der Waals surface area contributed by atoms with E-state index < -0.39 is 23.7 Å². The Hall–Kier alpha value is -3.35. The zero-order valence-electron chi connectivity index (χ0n) is 15.6. The van der Waals surface area contributed by atoms with Crippen molar-refractivity contribution in [3.8, 4) is 0 Å². The predicted molar refractivity (Wildman–Crippen MR) is 98.2 cm³/mol. The first-order chi connectivity index (χ1) is 12.7. The third kappa shape index (κ3) is 5.85. The van der Waals surface area contributed by atoms with Crippen molar-refractivity contribution >= 4 is 23.6 Å². The van der Waals surface area contributed by atoms with E-state index in [1.807, 2.05) is 42.3 Å². The molecule has 7 nitrogen and oxygen atoms in total. The average Bonchev–Trinajstić information content (AvgIpc) is 2.57. The fraction of sp³-hybridized carbons (Fsp3) is 0.250. The van der Waals surface area contributed by atoms with Crippen molar-refractivity contribution in [2.75, 3.05) is 11.9 Å². The van der Waals surface area contributed by atoms with E-state index in [0.29, 0.717) is 0 Å². The number of para-hydroxylation sites is 1. The molecule has 1 aromatic carbocycles. The number of allylic oxidation sites excluding steroid dienone is 3. The van der Waals surface area contributed by atoms with Crippen molar-refractivity contribution in [3.63, 3.8) is 0 Å². The molecule has 0 radical (unpaired) electrons. The Balaban J connectivity index is 2.23. The Kier molecular flexibility index (Phi) is 6.18. The average molecular weight is 371 g/mol. The molecule has 0 atom stereocenters. The largest absolute Gasteiger partial charge is 0.427 e. The fourth-order valence-electron chi connectivity index (χ4n) is 2.21. The van der Waals surface area contributed by atoms with E-state index >= 15 is 0 Å². The Labute approximate surface area is 157 Å². The lowest BCUT2D eigenvalue weighted by atomic mass is 10.2. The van der Waals surface area contributed by atoms with Gasteiger partial charge in [-0.2, -0.15) is 0 Å². The topological polar surface area (TPSA) is 82.1 Å². The summed E-state index contributed by atoms with van der Waals surface area (Å²) in [5.41, 5.74) is 0.600. The summed E-state index contributed by atoms with van der Waals surface area (Å²) in [6.07, 6.45) is 5.92. The SMILES string of the molecule is CC(=O)O/C(C=C1C(=O)OC(C)(C)OC1=O)=C\C=C\N(C)c1ccccc1. The first kappa shape index (κ1) is 20.0. The molecular weight excluding hydrogens is 350 g/mol. The summed E-state index contributed by atoms with van der Waals surface area (Å²) >= 11 is 0. The van der Waals surface area contributed by atoms with Crippen LogP contribution in [0.2, 0.25) is 0 Å². The van der Waals surface area contributed by atoms with Crippen molar-refractivity contribution in [3.05, 3.63) is 66.1 Å². The fourth-order valence-corrected chi connectivity index (χ4v) is 2.21. The Morgan fingerprint density at radius 1 is 1.11 bits per heavy atom. The lowest BCUT2D eigenvalue weighted by molar-refractivity contribution is -0.222. The van der Waals surface area contributed by atoms with Gasteiger partial charge in [0.2, 0.25) is 0 Å². The molecule has 0 spiro atoms. The molecule has 0 saturated carbocycles. The van der Waals surface area contributed by atoms with Crippen LogP contribution in [0.1, 0.15) is 20.8 Å². The van der Waals surface area contributed by atoms with Gasteiger partial charge in [0.15, 0.2) is 0 Å². The number of nitrogens with zero attached hydrogens (tertiary/aromatic N) is 1. The smallest absolute Gasteiger partial charge is 0.348 e. The number of cyclic esters (lactones) is 2. The molecule has 1 aromatic rings. The molecule has 0 amide bonds. The number of anilines is 1. The maximum Gasteiger partial charge on any atom is 0.348 e. The van der Waals surface area contributed by atoms with Crippen LogP contribution in [0.4, 0.5) is 5.69 Å². The lowest BCUT2D eigenvalue weighted by Gasteiger charge is -2.29. The standard InChI is InChI=1S/C20H21NO6/c1-14(22)25-16(11-8-12-21(4)15-9-6-5-7-10-15)13-17-18(23)26-20(2,3)27-19(17)24/h5-13H,1-4H3/b12-8+,16-11-. The summed E-state index contributed by atoms with van der Waals surface area (Å²) in [5.74, 6) is -3.63. The number of esters is 3. The number of hydrogen-bond donors (Lipinski definition) is 0. The molecule has 0 N–H and O–H groups in total. The number of benzene rings is 1. The predicted octanol–water partition coefficient (Wildman–Crippen LogP) is 2.85. The van der Waals surface area contributed by atoms with Crippen LogP contribution in [0.5, 0.6) is 0 Å². The van der Waals surface area contributed by atoms with Crippen LogP contribution >= 0.6 is 0 Å². The maximum absolute atomic E-state index is 12.0. The second kappa shape index (κ2) is 8.35. The molecule has 0 unspecified atom stereocenters. The molecule has 1 saturated heterocycles. The van der Waals surface area contributed by atoms with E-state index in [1.165, 1.54) is 26.8 Å². The van der Waals surface area contributed by atoms with Crippen LogP contribution < -0.4 is 4.90 Å². The number of carbonyl (C=O) groups excluding carboxylic acids is 3. The summed E-state index contributed by atoms with van der Waals surface area (Å²) in [7, 11) is 1.85. The van der Waals surface area contributed by atoms with Crippen LogP contribution in [-0.4, -0.2) is 30.7 Å². The molecule has 0 aliphatic carbocycles. The molecule has 2 rings (SSSR count). The number of hydrogen-bond acceptors (Lipinski definition) is 7. The third-order valence-electron chi connectivity index (χ3n) is 3.40. The molecule has 1 aliphatic heterocycles. The number of carbonyl (C=O) groups is 3. The minimum Gasteiger partial charge on any atom is -0.427 e. The summed E-state index contributed by atoms with van der Waals surface area (Å²) in [6, 6.07) is 9.59. The number of rotatable bonds is 5. The van der Waals surface area contributed by atoms with E-state index in [-0.39, 0.29) is 11.3 Å². The first-order valence-corrected chi connectivity index (χ1v) is 8.21. The summed E-state index contributed by atoms with van der Waals surface area (Å²) in [4.78, 5) is 37.2. The highest BCUT2D eigenvalue weighted by Crippen LogP contribution is 2.23. The van der Waals surface area contributed by atoms with Crippen LogP contribution in [-0.2, 0) is 28.6 Å². The van der Waals surface area contributed by atoms with E-state index in [4.69, 9.17) is 14.2 Å². The zero-order valence-corrected chi connectivity index (χ0v) is 15.6. The lowest BCUT2D eigenvalue weighted by Crippen LogP contribution is -2.41. The van der Waals surface area contributed by atoms with Gasteiger partial charge in [0.05, 0.1) is 0 Å². The Bertz CT molecular complexity index is 798. The van der Waals surface area contributed by atoms with Gasteiger partial charge in [-0.15, -0.1) is 0 Å². The number of ether oxygens (including phenoxy) is 3. The minimum atomic E-state index is -1.34. The second-order valence-corrected chi connectivity index (χ2v) is 6.19. The van der Waals surface area contributed by atoms with Gasteiger partial charge in [-0.3, -0.25) is 4.79 Å². The van der Waals surface area contributed by atoms with Crippen LogP contribution in [0.3, 0.4) is 0 Å². The summed E-state index contributed by atoms with van der Waals surface area (Å²) in [6.45, 7) is 4.11. The Morgan fingerprint density at radius 3 is 2.26 bits per heavy atom. The highest BCUT2D eigenvalue weighted by Gasteiger charge is 2.39. The monoisotopic (exact) mass is 371 g/mol. The van der Waals surface area contributed by atoms with E-state index in [9.17, 15) is 14.4 Å². The van der Waals surface area contributed by atoms with Crippen molar-refractivity contribution in [1.82, 2.24) is 0 Å². The van der Waals surface area contributed by atoms with Gasteiger partial charge >= 0.3 is 17.9 Å². The van der Waals surface area contributed by atoms with Gasteiger partial charge < -0.3 is 19.1 Å². The molecule has 142 valence electrons. The van der Waals surface area contributed by atoms with Gasteiger partial charge in [0, 0.05) is 45.8 Å². The van der Waals surface area contributed by atoms with Gasteiger partial charge in [-0.1, -0.05) is 18.2 Å². The molecule has 0 bridgehead atoms.